The Morgan fingerprint density at radius 3 is 2.50 bits per heavy atom. The Labute approximate surface area is 120 Å². The van der Waals surface area contributed by atoms with Gasteiger partial charge in [0.15, 0.2) is 0 Å². The molecule has 0 atom stereocenters. The molecule has 1 amide bonds. The highest BCUT2D eigenvalue weighted by Gasteiger charge is 2.27. The van der Waals surface area contributed by atoms with Crippen molar-refractivity contribution in [3.05, 3.63) is 17.5 Å². The van der Waals surface area contributed by atoms with E-state index in [1.165, 1.54) is 0 Å². The molecule has 1 aromatic rings. The van der Waals surface area contributed by atoms with E-state index in [0.717, 1.165) is 31.4 Å². The summed E-state index contributed by atoms with van der Waals surface area (Å²) in [5, 5.41) is 17.0. The van der Waals surface area contributed by atoms with Gasteiger partial charge >= 0.3 is 0 Å². The fraction of sp³-hybridized carbons (Fsp3) is 0.733. The van der Waals surface area contributed by atoms with Gasteiger partial charge in [0.25, 0.3) is 5.91 Å². The molecule has 1 heterocycles. The van der Waals surface area contributed by atoms with Crippen molar-refractivity contribution in [3.8, 4) is 0 Å². The van der Waals surface area contributed by atoms with Crippen molar-refractivity contribution in [3.63, 3.8) is 0 Å². The van der Waals surface area contributed by atoms with Crippen LogP contribution in [-0.2, 0) is 12.5 Å². The number of aryl methyl sites for hydroxylation is 1. The Kier molecular flexibility index (Phi) is 4.18. The molecular weight excluding hydrogens is 254 g/mol. The molecule has 1 aliphatic carbocycles. The van der Waals surface area contributed by atoms with Gasteiger partial charge in [-0.1, -0.05) is 20.8 Å². The van der Waals surface area contributed by atoms with Crippen molar-refractivity contribution in [1.29, 1.82) is 0 Å². The first-order chi connectivity index (χ1) is 9.27. The van der Waals surface area contributed by atoms with E-state index in [-0.39, 0.29) is 23.5 Å². The standard InChI is InChI=1S/C15H25N3O2/c1-15(2,3)13-12(9-18(4)17-13)14(20)16-10-5-7-11(19)8-6-10/h9-11,19H,5-8H2,1-4H3,(H,16,20). The monoisotopic (exact) mass is 279 g/mol. The molecule has 0 aliphatic heterocycles. The van der Waals surface area contributed by atoms with Gasteiger partial charge in [0, 0.05) is 24.7 Å². The molecule has 5 nitrogen and oxygen atoms in total. The lowest BCUT2D eigenvalue weighted by Gasteiger charge is -2.26. The normalized spacial score (nSPS) is 23.6. The van der Waals surface area contributed by atoms with Crippen LogP contribution in [0.15, 0.2) is 6.20 Å². The molecule has 5 heteroatoms. The quantitative estimate of drug-likeness (QED) is 0.866. The van der Waals surface area contributed by atoms with Crippen LogP contribution in [0.2, 0.25) is 0 Å². The minimum absolute atomic E-state index is 0.0515. The van der Waals surface area contributed by atoms with E-state index in [0.29, 0.717) is 5.56 Å². The maximum Gasteiger partial charge on any atom is 0.254 e. The van der Waals surface area contributed by atoms with Gasteiger partial charge in [0.1, 0.15) is 0 Å². The third-order valence-electron chi connectivity index (χ3n) is 3.82. The second-order valence-corrected chi connectivity index (χ2v) is 6.79. The molecule has 2 rings (SSSR count). The van der Waals surface area contributed by atoms with E-state index in [1.54, 1.807) is 10.9 Å². The lowest BCUT2D eigenvalue weighted by atomic mass is 9.89. The van der Waals surface area contributed by atoms with Gasteiger partial charge in [-0.15, -0.1) is 0 Å². The maximum absolute atomic E-state index is 12.4. The number of nitrogens with zero attached hydrogens (tertiary/aromatic N) is 2. The van der Waals surface area contributed by atoms with E-state index < -0.39 is 0 Å². The van der Waals surface area contributed by atoms with Crippen molar-refractivity contribution in [2.75, 3.05) is 0 Å². The number of aliphatic hydroxyl groups excluding tert-OH is 1. The zero-order valence-corrected chi connectivity index (χ0v) is 12.8. The molecule has 1 saturated carbocycles. The topological polar surface area (TPSA) is 67.2 Å². The van der Waals surface area contributed by atoms with Gasteiger partial charge in [-0.3, -0.25) is 9.48 Å². The van der Waals surface area contributed by atoms with Gasteiger partial charge in [-0.05, 0) is 25.7 Å². The van der Waals surface area contributed by atoms with Crippen molar-refractivity contribution in [1.82, 2.24) is 15.1 Å². The number of rotatable bonds is 2. The molecule has 2 N–H and O–H groups in total. The summed E-state index contributed by atoms with van der Waals surface area (Å²) in [5.74, 6) is -0.0515. The van der Waals surface area contributed by atoms with Gasteiger partial charge in [-0.25, -0.2) is 0 Å². The summed E-state index contributed by atoms with van der Waals surface area (Å²) in [6, 6.07) is 0.166. The minimum atomic E-state index is -0.202. The zero-order valence-electron chi connectivity index (χ0n) is 12.8. The van der Waals surface area contributed by atoms with Gasteiger partial charge in [-0.2, -0.15) is 5.10 Å². The second-order valence-electron chi connectivity index (χ2n) is 6.79. The summed E-state index contributed by atoms with van der Waals surface area (Å²) >= 11 is 0. The van der Waals surface area contributed by atoms with E-state index in [9.17, 15) is 9.90 Å². The first-order valence-electron chi connectivity index (χ1n) is 7.30. The third-order valence-corrected chi connectivity index (χ3v) is 3.82. The predicted molar refractivity (Wildman–Crippen MR) is 77.6 cm³/mol. The number of hydrogen-bond donors (Lipinski definition) is 2. The number of nitrogens with one attached hydrogen (secondary N) is 1. The molecule has 112 valence electrons. The first-order valence-corrected chi connectivity index (χ1v) is 7.30. The maximum atomic E-state index is 12.4. The molecule has 0 spiro atoms. The number of aliphatic hydroxyl groups is 1. The molecule has 1 aromatic heterocycles. The summed E-state index contributed by atoms with van der Waals surface area (Å²) < 4.78 is 1.69. The van der Waals surface area contributed by atoms with E-state index >= 15 is 0 Å². The largest absolute Gasteiger partial charge is 0.393 e. The minimum Gasteiger partial charge on any atom is -0.393 e. The summed E-state index contributed by atoms with van der Waals surface area (Å²) in [6.45, 7) is 6.18. The summed E-state index contributed by atoms with van der Waals surface area (Å²) in [5.41, 5.74) is 1.33. The average molecular weight is 279 g/mol. The highest BCUT2D eigenvalue weighted by molar-refractivity contribution is 5.95. The average Bonchev–Trinajstić information content (AvgIpc) is 2.74. The fourth-order valence-corrected chi connectivity index (χ4v) is 2.69. The van der Waals surface area contributed by atoms with Crippen LogP contribution in [0.3, 0.4) is 0 Å². The SMILES string of the molecule is Cn1cc(C(=O)NC2CCC(O)CC2)c(C(C)(C)C)n1. The molecule has 0 saturated heterocycles. The Hall–Kier alpha value is -1.36. The van der Waals surface area contributed by atoms with Gasteiger partial charge in [0.2, 0.25) is 0 Å². The third kappa shape index (κ3) is 3.39. The highest BCUT2D eigenvalue weighted by atomic mass is 16.3. The number of carbonyl (C=O) groups is 1. The van der Waals surface area contributed by atoms with Crippen molar-refractivity contribution >= 4 is 5.91 Å². The summed E-state index contributed by atoms with van der Waals surface area (Å²) in [7, 11) is 1.84. The van der Waals surface area contributed by atoms with Crippen LogP contribution >= 0.6 is 0 Å². The van der Waals surface area contributed by atoms with E-state index in [4.69, 9.17) is 0 Å². The number of aromatic nitrogens is 2. The van der Waals surface area contributed by atoms with E-state index in [2.05, 4.69) is 31.2 Å². The molecule has 1 aliphatic rings. The fourth-order valence-electron chi connectivity index (χ4n) is 2.69. The van der Waals surface area contributed by atoms with Crippen LogP contribution in [0.4, 0.5) is 0 Å². The Morgan fingerprint density at radius 1 is 1.35 bits per heavy atom. The van der Waals surface area contributed by atoms with Crippen LogP contribution < -0.4 is 5.32 Å². The molecule has 20 heavy (non-hydrogen) atoms. The Bertz CT molecular complexity index is 480. The molecule has 0 radical (unpaired) electrons. The lowest BCUT2D eigenvalue weighted by Crippen LogP contribution is -2.39. The molecule has 0 aromatic carbocycles. The summed E-state index contributed by atoms with van der Waals surface area (Å²) in [6.07, 6.45) is 4.81. The smallest absolute Gasteiger partial charge is 0.254 e. The summed E-state index contributed by atoms with van der Waals surface area (Å²) in [4.78, 5) is 12.4. The van der Waals surface area contributed by atoms with Crippen LogP contribution in [0.5, 0.6) is 0 Å². The Morgan fingerprint density at radius 2 is 1.95 bits per heavy atom. The number of hydrogen-bond acceptors (Lipinski definition) is 3. The molecule has 0 unspecified atom stereocenters. The van der Waals surface area contributed by atoms with Crippen molar-refractivity contribution < 1.29 is 9.90 Å². The van der Waals surface area contributed by atoms with E-state index in [1.807, 2.05) is 7.05 Å². The highest BCUT2D eigenvalue weighted by Crippen LogP contribution is 2.25. The first kappa shape index (κ1) is 15.0. The van der Waals surface area contributed by atoms with Gasteiger partial charge in [0.05, 0.1) is 17.4 Å². The number of carbonyl (C=O) groups excluding carboxylic acids is 1. The lowest BCUT2D eigenvalue weighted by molar-refractivity contribution is 0.0865. The number of amides is 1. The van der Waals surface area contributed by atoms with Crippen molar-refractivity contribution in [2.24, 2.45) is 7.05 Å². The van der Waals surface area contributed by atoms with Gasteiger partial charge < -0.3 is 10.4 Å². The molecular formula is C15H25N3O2. The molecule has 0 bridgehead atoms. The van der Waals surface area contributed by atoms with Crippen molar-refractivity contribution in [2.45, 2.75) is 64.0 Å². The second kappa shape index (κ2) is 5.56. The van der Waals surface area contributed by atoms with Crippen LogP contribution in [0, 0.1) is 0 Å². The Balaban J connectivity index is 2.10. The predicted octanol–water partition coefficient (Wildman–Crippen LogP) is 1.75. The van der Waals surface area contributed by atoms with Crippen LogP contribution in [0.1, 0.15) is 62.5 Å². The zero-order chi connectivity index (χ0) is 14.9. The molecule has 1 fully saturated rings. The van der Waals surface area contributed by atoms with Crippen LogP contribution in [0.25, 0.3) is 0 Å². The van der Waals surface area contributed by atoms with Crippen LogP contribution in [-0.4, -0.2) is 32.9 Å².